The van der Waals surface area contributed by atoms with Gasteiger partial charge >= 0.3 is 0 Å². The van der Waals surface area contributed by atoms with E-state index in [9.17, 15) is 4.79 Å². The van der Waals surface area contributed by atoms with Crippen LogP contribution < -0.4 is 5.56 Å². The maximum atomic E-state index is 14.5. The largest absolute Gasteiger partial charge is 0.274 e. The van der Waals surface area contributed by atoms with Crippen molar-refractivity contribution < 1.29 is 0 Å². The monoisotopic (exact) mass is 507 g/mol. The van der Waals surface area contributed by atoms with Crippen LogP contribution >= 0.6 is 11.6 Å². The van der Waals surface area contributed by atoms with E-state index in [1.165, 1.54) is 0 Å². The number of hydrogen-bond acceptors (Lipinski definition) is 1. The minimum atomic E-state index is -0.0619. The molecule has 0 spiro atoms. The summed E-state index contributed by atoms with van der Waals surface area (Å²) in [7, 11) is 0. The first-order chi connectivity index (χ1) is 18.7. The van der Waals surface area contributed by atoms with E-state index < -0.39 is 0 Å². The van der Waals surface area contributed by atoms with E-state index in [0.29, 0.717) is 10.4 Å². The molecular formula is C35H22ClNO. The summed E-state index contributed by atoms with van der Waals surface area (Å²) in [6.07, 6.45) is 0. The predicted molar refractivity (Wildman–Crippen MR) is 160 cm³/mol. The summed E-state index contributed by atoms with van der Waals surface area (Å²) >= 11 is 6.52. The highest BCUT2D eigenvalue weighted by molar-refractivity contribution is 6.32. The number of halogens is 1. The smallest absolute Gasteiger partial charge is 0.263 e. The lowest BCUT2D eigenvalue weighted by Crippen LogP contribution is -2.18. The summed E-state index contributed by atoms with van der Waals surface area (Å²) in [6.45, 7) is 0. The minimum absolute atomic E-state index is 0.0619. The van der Waals surface area contributed by atoms with Crippen LogP contribution in [-0.4, -0.2) is 4.40 Å². The molecule has 7 rings (SSSR count). The molecule has 180 valence electrons. The van der Waals surface area contributed by atoms with Gasteiger partial charge in [0.1, 0.15) is 0 Å². The highest BCUT2D eigenvalue weighted by atomic mass is 35.5. The maximum absolute atomic E-state index is 14.5. The molecule has 2 aromatic heterocycles. The van der Waals surface area contributed by atoms with E-state index in [0.717, 1.165) is 55.2 Å². The molecule has 0 bridgehead atoms. The molecule has 38 heavy (non-hydrogen) atoms. The van der Waals surface area contributed by atoms with E-state index in [1.54, 1.807) is 6.07 Å². The first kappa shape index (κ1) is 22.5. The van der Waals surface area contributed by atoms with Gasteiger partial charge in [0.2, 0.25) is 0 Å². The zero-order valence-corrected chi connectivity index (χ0v) is 21.2. The number of aromatic nitrogens is 1. The number of rotatable bonds is 3. The Kier molecular flexibility index (Phi) is 5.35. The van der Waals surface area contributed by atoms with Crippen molar-refractivity contribution in [1.29, 1.82) is 0 Å². The third-order valence-electron chi connectivity index (χ3n) is 7.23. The van der Waals surface area contributed by atoms with Crippen LogP contribution in [0.3, 0.4) is 0 Å². The molecule has 0 radical (unpaired) electrons. The van der Waals surface area contributed by atoms with Gasteiger partial charge in [-0.05, 0) is 45.7 Å². The lowest BCUT2D eigenvalue weighted by atomic mass is 9.89. The van der Waals surface area contributed by atoms with Crippen molar-refractivity contribution in [3.63, 3.8) is 0 Å². The van der Waals surface area contributed by atoms with Crippen LogP contribution in [0.25, 0.3) is 60.6 Å². The van der Waals surface area contributed by atoms with Gasteiger partial charge in [0.25, 0.3) is 5.56 Å². The first-order valence-electron chi connectivity index (χ1n) is 12.6. The Bertz CT molecular complexity index is 2030. The van der Waals surface area contributed by atoms with Crippen LogP contribution in [0.5, 0.6) is 0 Å². The minimum Gasteiger partial charge on any atom is -0.274 e. The molecule has 0 amide bonds. The van der Waals surface area contributed by atoms with Gasteiger partial charge in [0.15, 0.2) is 0 Å². The summed E-state index contributed by atoms with van der Waals surface area (Å²) < 4.78 is 1.93. The van der Waals surface area contributed by atoms with Crippen molar-refractivity contribution in [2.24, 2.45) is 0 Å². The van der Waals surface area contributed by atoms with Crippen LogP contribution in [0.4, 0.5) is 0 Å². The van der Waals surface area contributed by atoms with Crippen molar-refractivity contribution in [2.45, 2.75) is 0 Å². The van der Waals surface area contributed by atoms with Crippen LogP contribution in [0, 0.1) is 0 Å². The van der Waals surface area contributed by atoms with Gasteiger partial charge in [-0.2, -0.15) is 0 Å². The Morgan fingerprint density at radius 3 is 1.63 bits per heavy atom. The molecule has 2 nitrogen and oxygen atoms in total. The number of benzene rings is 5. The van der Waals surface area contributed by atoms with E-state index in [-0.39, 0.29) is 5.56 Å². The van der Waals surface area contributed by atoms with Gasteiger partial charge in [-0.1, -0.05) is 127 Å². The zero-order chi connectivity index (χ0) is 25.6. The summed E-state index contributed by atoms with van der Waals surface area (Å²) in [4.78, 5) is 14.5. The van der Waals surface area contributed by atoms with Crippen LogP contribution in [0.15, 0.2) is 138 Å². The van der Waals surface area contributed by atoms with E-state index in [4.69, 9.17) is 11.6 Å². The summed E-state index contributed by atoms with van der Waals surface area (Å²) in [6, 6.07) is 44.8. The third kappa shape index (κ3) is 3.46. The van der Waals surface area contributed by atoms with E-state index in [1.807, 2.05) is 77.2 Å². The second-order valence-electron chi connectivity index (χ2n) is 9.42. The molecule has 2 heterocycles. The lowest BCUT2D eigenvalue weighted by Gasteiger charge is -2.22. The van der Waals surface area contributed by atoms with Crippen LogP contribution in [0.2, 0.25) is 5.02 Å². The molecule has 3 heteroatoms. The molecule has 0 unspecified atom stereocenters. The molecule has 0 saturated heterocycles. The highest BCUT2D eigenvalue weighted by Crippen LogP contribution is 2.43. The van der Waals surface area contributed by atoms with E-state index >= 15 is 0 Å². The van der Waals surface area contributed by atoms with Gasteiger partial charge in [-0.15, -0.1) is 0 Å². The maximum Gasteiger partial charge on any atom is 0.263 e. The SMILES string of the molecule is O=c1c2ccc(Cl)cc2c(-c2ccccc2)c2c3ccccc3c(-c3ccccc3)c(-c3ccccc3)n12. The number of fused-ring (bicyclic) bond motifs is 4. The molecule has 0 saturated carbocycles. The predicted octanol–water partition coefficient (Wildman–Crippen LogP) is 9.26. The molecule has 0 aliphatic heterocycles. The van der Waals surface area contributed by atoms with Crippen LogP contribution in [-0.2, 0) is 0 Å². The molecule has 0 fully saturated rings. The Hall–Kier alpha value is -4.66. The van der Waals surface area contributed by atoms with Crippen molar-refractivity contribution in [3.05, 3.63) is 149 Å². The number of nitrogens with zero attached hydrogens (tertiary/aromatic N) is 1. The fourth-order valence-electron chi connectivity index (χ4n) is 5.65. The highest BCUT2D eigenvalue weighted by Gasteiger charge is 2.23. The van der Waals surface area contributed by atoms with Gasteiger partial charge in [-0.3, -0.25) is 9.20 Å². The Morgan fingerprint density at radius 1 is 0.474 bits per heavy atom. The molecule has 0 aliphatic carbocycles. The Labute approximate surface area is 225 Å². The number of hydrogen-bond donors (Lipinski definition) is 0. The van der Waals surface area contributed by atoms with Gasteiger partial charge in [0.05, 0.1) is 11.2 Å². The Balaban J connectivity index is 1.86. The summed E-state index contributed by atoms with van der Waals surface area (Å²) in [5.41, 5.74) is 6.81. The topological polar surface area (TPSA) is 21.5 Å². The molecule has 0 atom stereocenters. The third-order valence-corrected chi connectivity index (χ3v) is 7.46. The van der Waals surface area contributed by atoms with Gasteiger partial charge in [0, 0.05) is 26.9 Å². The van der Waals surface area contributed by atoms with E-state index in [2.05, 4.69) is 54.6 Å². The summed E-state index contributed by atoms with van der Waals surface area (Å²) in [5, 5.41) is 4.20. The number of pyridine rings is 2. The quantitative estimate of drug-likeness (QED) is 0.172. The normalized spacial score (nSPS) is 11.4. The van der Waals surface area contributed by atoms with Crippen LogP contribution in [0.1, 0.15) is 0 Å². The standard InChI is InChI=1S/C35H22ClNO/c36-26-20-21-29-30(22-26)32(24-14-6-2-7-15-24)34-28-19-11-10-18-27(28)31(23-12-4-1-5-13-23)33(37(34)35(29)38)25-16-8-3-9-17-25/h1-22H. The summed E-state index contributed by atoms with van der Waals surface area (Å²) in [5.74, 6) is 0. The van der Waals surface area contributed by atoms with Crippen molar-refractivity contribution in [2.75, 3.05) is 0 Å². The Morgan fingerprint density at radius 2 is 1.00 bits per heavy atom. The molecule has 0 aliphatic rings. The second-order valence-corrected chi connectivity index (χ2v) is 9.86. The molecule has 5 aromatic carbocycles. The molecular weight excluding hydrogens is 486 g/mol. The second kappa shape index (κ2) is 9.02. The first-order valence-corrected chi connectivity index (χ1v) is 13.0. The van der Waals surface area contributed by atoms with Crippen molar-refractivity contribution >= 4 is 38.7 Å². The average Bonchev–Trinajstić information content (AvgIpc) is 2.98. The average molecular weight is 508 g/mol. The zero-order valence-electron chi connectivity index (χ0n) is 20.4. The fourth-order valence-corrected chi connectivity index (χ4v) is 5.82. The van der Waals surface area contributed by atoms with Crippen molar-refractivity contribution in [3.8, 4) is 33.5 Å². The lowest BCUT2D eigenvalue weighted by molar-refractivity contribution is 1.14. The van der Waals surface area contributed by atoms with Gasteiger partial charge < -0.3 is 0 Å². The molecule has 0 N–H and O–H groups in total. The van der Waals surface area contributed by atoms with Gasteiger partial charge in [-0.25, -0.2) is 0 Å². The fraction of sp³-hybridized carbons (Fsp3) is 0. The van der Waals surface area contributed by atoms with Crippen molar-refractivity contribution in [1.82, 2.24) is 4.40 Å². The molecule has 7 aromatic rings.